The summed E-state index contributed by atoms with van der Waals surface area (Å²) in [6.07, 6.45) is 64.0. The van der Waals surface area contributed by atoms with E-state index >= 15 is 0 Å². The molecule has 0 aromatic heterocycles. The van der Waals surface area contributed by atoms with Gasteiger partial charge in [-0.25, -0.2) is 9.13 Å². The Morgan fingerprint density at radius 3 is 0.854 bits per heavy atom. The molecule has 0 aliphatic rings. The quantitative estimate of drug-likeness (QED) is 0.0169. The molecule has 0 aliphatic heterocycles. The molecule has 0 heterocycles. The first kappa shape index (κ1) is 93.0. The summed E-state index contributed by atoms with van der Waals surface area (Å²) in [5, 5.41) is 10.6. The lowest BCUT2D eigenvalue weighted by Crippen LogP contribution is -2.30. The van der Waals surface area contributed by atoms with Crippen LogP contribution in [0.5, 0.6) is 0 Å². The molecule has 0 rings (SSSR count). The van der Waals surface area contributed by atoms with Crippen LogP contribution in [-0.2, 0) is 65.4 Å². The van der Waals surface area contributed by atoms with E-state index in [1.165, 1.54) is 148 Å². The molecular weight excluding hydrogens is 1260 g/mol. The van der Waals surface area contributed by atoms with Crippen molar-refractivity contribution in [1.82, 2.24) is 0 Å². The van der Waals surface area contributed by atoms with Crippen LogP contribution in [0.25, 0.3) is 0 Å². The molecule has 0 aliphatic carbocycles. The summed E-state index contributed by atoms with van der Waals surface area (Å²) in [7, 11) is -9.94. The van der Waals surface area contributed by atoms with E-state index < -0.39 is 97.5 Å². The Hall–Kier alpha value is -2.98. The number of esters is 4. The molecule has 19 heteroatoms. The summed E-state index contributed by atoms with van der Waals surface area (Å²) in [5.41, 5.74) is 0. The van der Waals surface area contributed by atoms with E-state index in [9.17, 15) is 43.2 Å². The minimum absolute atomic E-state index is 0.0783. The zero-order chi connectivity index (χ0) is 70.5. The van der Waals surface area contributed by atoms with Crippen molar-refractivity contribution in [2.24, 2.45) is 5.92 Å². The molecule has 0 fully saturated rings. The fourth-order valence-corrected chi connectivity index (χ4v) is 12.4. The van der Waals surface area contributed by atoms with Gasteiger partial charge in [-0.3, -0.25) is 37.3 Å². The van der Waals surface area contributed by atoms with Gasteiger partial charge in [0.25, 0.3) is 0 Å². The number of allylic oxidation sites excluding steroid dienone is 8. The molecule has 562 valence electrons. The van der Waals surface area contributed by atoms with Crippen LogP contribution in [0.3, 0.4) is 0 Å². The third-order valence-electron chi connectivity index (χ3n) is 16.8. The number of aliphatic hydroxyl groups is 1. The molecule has 5 atom stereocenters. The highest BCUT2D eigenvalue weighted by Crippen LogP contribution is 2.45. The normalized spacial score (nSPS) is 14.3. The fourth-order valence-electron chi connectivity index (χ4n) is 10.8. The largest absolute Gasteiger partial charge is 0.472 e. The Balaban J connectivity index is 5.33. The maximum Gasteiger partial charge on any atom is 0.472 e. The molecule has 0 aromatic rings. The van der Waals surface area contributed by atoms with Crippen LogP contribution in [-0.4, -0.2) is 96.7 Å². The minimum Gasteiger partial charge on any atom is -0.462 e. The molecule has 0 saturated heterocycles. The number of carbonyl (C=O) groups excluding carboxylic acids is 4. The first-order chi connectivity index (χ1) is 46.5. The number of unbranched alkanes of at least 4 members (excludes halogenated alkanes) is 39. The van der Waals surface area contributed by atoms with Gasteiger partial charge in [0.15, 0.2) is 12.2 Å². The standard InChI is InChI=1S/C77H142O17P2/c1-6-9-12-15-18-21-24-27-30-33-36-39-45-50-55-60-74(79)87-66-72(93-76(81)62-57-52-47-40-37-34-31-28-25-22-19-16-13-10-7-2)68-91-95(83,84)89-64-71(78)65-90-96(85,86)92-69-73(67-88-75(80)61-56-51-46-43-42-44-49-54-59-70(4)5)94-77(82)63-58-53-48-41-38-35-32-29-26-23-20-17-14-11-8-3/h21-22,24-25,27-28,30-31,70-73,78H,6-20,23,26,29,32-69H2,1-5H3,(H,83,84)(H,85,86)/b24-21-,25-22-,30-27-,31-28-/t71-,72-,73-/m1/s1. The van der Waals surface area contributed by atoms with E-state index in [4.69, 9.17) is 37.0 Å². The van der Waals surface area contributed by atoms with Gasteiger partial charge in [-0.1, -0.05) is 302 Å². The van der Waals surface area contributed by atoms with Crippen molar-refractivity contribution in [2.45, 2.75) is 374 Å². The van der Waals surface area contributed by atoms with Crippen LogP contribution >= 0.6 is 15.6 Å². The van der Waals surface area contributed by atoms with Crippen LogP contribution in [0.4, 0.5) is 0 Å². The monoisotopic (exact) mass is 1400 g/mol. The molecule has 0 bridgehead atoms. The van der Waals surface area contributed by atoms with Crippen molar-refractivity contribution in [3.05, 3.63) is 48.6 Å². The molecule has 0 spiro atoms. The number of hydrogen-bond acceptors (Lipinski definition) is 15. The predicted molar refractivity (Wildman–Crippen MR) is 390 cm³/mol. The van der Waals surface area contributed by atoms with E-state index in [0.717, 1.165) is 128 Å². The maximum absolute atomic E-state index is 13.1. The van der Waals surface area contributed by atoms with Crippen molar-refractivity contribution in [1.29, 1.82) is 0 Å². The molecule has 0 radical (unpaired) electrons. The second kappa shape index (κ2) is 69.1. The Kier molecular flexibility index (Phi) is 67.0. The molecule has 3 N–H and O–H groups in total. The number of carbonyl (C=O) groups is 4. The van der Waals surface area contributed by atoms with Crippen LogP contribution < -0.4 is 0 Å². The molecular formula is C77H142O17P2. The average Bonchev–Trinajstić information content (AvgIpc) is 1.30. The van der Waals surface area contributed by atoms with Crippen molar-refractivity contribution in [3.8, 4) is 0 Å². The molecule has 96 heavy (non-hydrogen) atoms. The molecule has 0 amide bonds. The highest BCUT2D eigenvalue weighted by atomic mass is 31.2. The number of hydrogen-bond donors (Lipinski definition) is 3. The van der Waals surface area contributed by atoms with Crippen molar-refractivity contribution in [2.75, 3.05) is 39.6 Å². The van der Waals surface area contributed by atoms with E-state index in [-0.39, 0.29) is 25.7 Å². The van der Waals surface area contributed by atoms with E-state index in [0.29, 0.717) is 25.7 Å². The highest BCUT2D eigenvalue weighted by Gasteiger charge is 2.30. The summed E-state index contributed by atoms with van der Waals surface area (Å²) in [6, 6.07) is 0. The van der Waals surface area contributed by atoms with Crippen LogP contribution in [0.2, 0.25) is 0 Å². The number of phosphoric acid groups is 2. The summed E-state index contributed by atoms with van der Waals surface area (Å²) in [6.45, 7) is 7.13. The van der Waals surface area contributed by atoms with Gasteiger partial charge < -0.3 is 33.8 Å². The highest BCUT2D eigenvalue weighted by molar-refractivity contribution is 7.47. The van der Waals surface area contributed by atoms with Gasteiger partial charge in [0.05, 0.1) is 26.4 Å². The summed E-state index contributed by atoms with van der Waals surface area (Å²) in [4.78, 5) is 72.8. The summed E-state index contributed by atoms with van der Waals surface area (Å²) >= 11 is 0. The molecule has 0 aromatic carbocycles. The summed E-state index contributed by atoms with van der Waals surface area (Å²) < 4.78 is 68.5. The van der Waals surface area contributed by atoms with Crippen LogP contribution in [0, 0.1) is 5.92 Å². The average molecular weight is 1400 g/mol. The zero-order valence-corrected chi connectivity index (χ0v) is 63.3. The second-order valence-corrected chi connectivity index (χ2v) is 29.8. The number of aliphatic hydroxyl groups excluding tert-OH is 1. The van der Waals surface area contributed by atoms with Gasteiger partial charge in [0.2, 0.25) is 0 Å². The van der Waals surface area contributed by atoms with E-state index in [1.807, 2.05) is 0 Å². The SMILES string of the molecule is CCCCCC/C=C\C=C/CCCCCCCC(=O)OC[C@H](COP(=O)(O)OC[C@@H](O)COP(=O)(O)OC[C@@H](COC(=O)CCCCCCCCCCC(C)C)OC(=O)CCCCCCCCCCCCCCCCC)OC(=O)CCCCCCC/C=C\C=C/CCCCCC. The topological polar surface area (TPSA) is 237 Å². The first-order valence-electron chi connectivity index (χ1n) is 38.8. The van der Waals surface area contributed by atoms with E-state index in [1.54, 1.807) is 0 Å². The van der Waals surface area contributed by atoms with Gasteiger partial charge in [0.1, 0.15) is 19.3 Å². The lowest BCUT2D eigenvalue weighted by atomic mass is 10.0. The first-order valence-corrected chi connectivity index (χ1v) is 41.8. The number of ether oxygens (including phenoxy) is 4. The third-order valence-corrected chi connectivity index (χ3v) is 18.7. The van der Waals surface area contributed by atoms with Crippen molar-refractivity contribution in [3.63, 3.8) is 0 Å². The van der Waals surface area contributed by atoms with Crippen LogP contribution in [0.15, 0.2) is 48.6 Å². The minimum atomic E-state index is -4.97. The Bertz CT molecular complexity index is 2030. The fraction of sp³-hybridized carbons (Fsp3) is 0.844. The Morgan fingerprint density at radius 1 is 0.323 bits per heavy atom. The third kappa shape index (κ3) is 69.5. The van der Waals surface area contributed by atoms with Crippen molar-refractivity contribution >= 4 is 39.5 Å². The maximum atomic E-state index is 13.1. The zero-order valence-electron chi connectivity index (χ0n) is 61.5. The van der Waals surface area contributed by atoms with Crippen LogP contribution in [0.1, 0.15) is 356 Å². The molecule has 0 saturated carbocycles. The lowest BCUT2D eigenvalue weighted by Gasteiger charge is -2.21. The van der Waals surface area contributed by atoms with Gasteiger partial charge in [-0.05, 0) is 83.0 Å². The van der Waals surface area contributed by atoms with Crippen molar-refractivity contribution < 1.29 is 80.2 Å². The summed E-state index contributed by atoms with van der Waals surface area (Å²) in [5.74, 6) is -1.45. The predicted octanol–water partition coefficient (Wildman–Crippen LogP) is 22.0. The van der Waals surface area contributed by atoms with Gasteiger partial charge in [0, 0.05) is 25.7 Å². The second-order valence-electron chi connectivity index (χ2n) is 26.8. The lowest BCUT2D eigenvalue weighted by molar-refractivity contribution is -0.161. The van der Waals surface area contributed by atoms with Gasteiger partial charge in [-0.15, -0.1) is 0 Å². The number of rotatable bonds is 73. The number of phosphoric ester groups is 2. The molecule has 17 nitrogen and oxygen atoms in total. The van der Waals surface area contributed by atoms with Gasteiger partial charge in [-0.2, -0.15) is 0 Å². The molecule has 2 unspecified atom stereocenters. The smallest absolute Gasteiger partial charge is 0.462 e. The van der Waals surface area contributed by atoms with E-state index in [2.05, 4.69) is 83.2 Å². The Labute approximate surface area is 585 Å². The Morgan fingerprint density at radius 2 is 0.562 bits per heavy atom. The van der Waals surface area contributed by atoms with Gasteiger partial charge >= 0.3 is 39.5 Å².